The summed E-state index contributed by atoms with van der Waals surface area (Å²) in [6, 6.07) is 0. The lowest BCUT2D eigenvalue weighted by Gasteiger charge is -1.97. The van der Waals surface area contributed by atoms with Gasteiger partial charge in [-0.3, -0.25) is 4.68 Å². The van der Waals surface area contributed by atoms with Crippen molar-refractivity contribution in [3.8, 4) is 0 Å². The normalized spacial score (nSPS) is 10.5. The van der Waals surface area contributed by atoms with E-state index in [-0.39, 0.29) is 0 Å². The number of nitrogens with one attached hydrogen (secondary N) is 1. The summed E-state index contributed by atoms with van der Waals surface area (Å²) in [5.74, 6) is 0. The highest BCUT2D eigenvalue weighted by Crippen LogP contribution is 2.14. The van der Waals surface area contributed by atoms with Gasteiger partial charge in [0.1, 0.15) is 5.15 Å². The maximum Gasteiger partial charge on any atom is 0.131 e. The number of hydrogen-bond acceptors (Lipinski definition) is 3. The van der Waals surface area contributed by atoms with Crippen LogP contribution in [0.2, 0.25) is 5.15 Å². The van der Waals surface area contributed by atoms with Crippen molar-refractivity contribution < 1.29 is 5.21 Å². The predicted molar refractivity (Wildman–Crippen MR) is 41.5 cm³/mol. The van der Waals surface area contributed by atoms with Gasteiger partial charge < -0.3 is 5.21 Å². The van der Waals surface area contributed by atoms with E-state index in [4.69, 9.17) is 16.8 Å². The van der Waals surface area contributed by atoms with Crippen LogP contribution in [0.5, 0.6) is 0 Å². The lowest BCUT2D eigenvalue weighted by molar-refractivity contribution is 0.161. The molecule has 0 bridgehead atoms. The number of nitrogens with zero attached hydrogens (tertiary/aromatic N) is 2. The largest absolute Gasteiger partial charge is 0.316 e. The van der Waals surface area contributed by atoms with Crippen LogP contribution in [0, 0.1) is 0 Å². The molecule has 4 nitrogen and oxygen atoms in total. The Morgan fingerprint density at radius 1 is 1.82 bits per heavy atom. The lowest BCUT2D eigenvalue weighted by Crippen LogP contribution is -2.06. The Kier molecular flexibility index (Phi) is 2.87. The molecule has 0 saturated heterocycles. The molecule has 62 valence electrons. The summed E-state index contributed by atoms with van der Waals surface area (Å²) in [5.41, 5.74) is 2.83. The Bertz CT molecular complexity index is 236. The first-order valence-electron chi connectivity index (χ1n) is 3.36. The van der Waals surface area contributed by atoms with Crippen LogP contribution < -0.4 is 5.48 Å². The molecule has 0 aliphatic rings. The Labute approximate surface area is 69.7 Å². The van der Waals surface area contributed by atoms with Crippen molar-refractivity contribution in [2.24, 2.45) is 0 Å². The van der Waals surface area contributed by atoms with Gasteiger partial charge >= 0.3 is 0 Å². The predicted octanol–water partition coefficient (Wildman–Crippen LogP) is 1.04. The van der Waals surface area contributed by atoms with E-state index >= 15 is 0 Å². The lowest BCUT2D eigenvalue weighted by atomic mass is 10.4. The second-order valence-corrected chi connectivity index (χ2v) is 2.47. The van der Waals surface area contributed by atoms with Crippen LogP contribution >= 0.6 is 11.6 Å². The first-order valence-corrected chi connectivity index (χ1v) is 3.74. The van der Waals surface area contributed by atoms with Gasteiger partial charge in [0.15, 0.2) is 0 Å². The highest BCUT2D eigenvalue weighted by atomic mass is 35.5. The van der Waals surface area contributed by atoms with Crippen LogP contribution in [0.25, 0.3) is 0 Å². The molecule has 1 aromatic rings. The fraction of sp³-hybridized carbons (Fsp3) is 0.500. The molecule has 2 N–H and O–H groups in total. The molecule has 0 atom stereocenters. The molecule has 1 rings (SSSR count). The molecule has 0 aliphatic carbocycles. The first kappa shape index (κ1) is 8.52. The average Bonchev–Trinajstić information content (AvgIpc) is 2.34. The van der Waals surface area contributed by atoms with Crippen molar-refractivity contribution in [2.75, 3.05) is 0 Å². The van der Waals surface area contributed by atoms with Gasteiger partial charge in [-0.2, -0.15) is 5.10 Å². The summed E-state index contributed by atoms with van der Waals surface area (Å²) in [6.07, 6.45) is 1.63. The van der Waals surface area contributed by atoms with Gasteiger partial charge in [0.2, 0.25) is 0 Å². The summed E-state index contributed by atoms with van der Waals surface area (Å²) in [5, 5.41) is 12.9. The second-order valence-electron chi connectivity index (χ2n) is 2.11. The van der Waals surface area contributed by atoms with Crippen molar-refractivity contribution in [1.29, 1.82) is 0 Å². The van der Waals surface area contributed by atoms with Gasteiger partial charge in [0.05, 0.1) is 12.7 Å². The maximum absolute atomic E-state index is 8.38. The fourth-order valence-electron chi connectivity index (χ4n) is 0.833. The molecule has 0 unspecified atom stereocenters. The molecular weight excluding hydrogens is 166 g/mol. The molecule has 0 radical (unpaired) electrons. The van der Waals surface area contributed by atoms with Crippen molar-refractivity contribution in [3.63, 3.8) is 0 Å². The molecule has 5 heteroatoms. The topological polar surface area (TPSA) is 50.1 Å². The van der Waals surface area contributed by atoms with Crippen LogP contribution in [0.1, 0.15) is 12.5 Å². The van der Waals surface area contributed by atoms with Crippen LogP contribution in [-0.4, -0.2) is 15.0 Å². The molecule has 1 aromatic heterocycles. The summed E-state index contributed by atoms with van der Waals surface area (Å²) < 4.78 is 1.66. The number of hydrogen-bond donors (Lipinski definition) is 2. The number of aryl methyl sites for hydroxylation is 1. The fourth-order valence-corrected chi connectivity index (χ4v) is 1.11. The second kappa shape index (κ2) is 3.71. The summed E-state index contributed by atoms with van der Waals surface area (Å²) in [6.45, 7) is 3.03. The van der Waals surface area contributed by atoms with Crippen molar-refractivity contribution in [2.45, 2.75) is 20.0 Å². The van der Waals surface area contributed by atoms with Crippen LogP contribution in [0.3, 0.4) is 0 Å². The highest BCUT2D eigenvalue weighted by molar-refractivity contribution is 6.30. The zero-order valence-corrected chi connectivity index (χ0v) is 6.97. The Hall–Kier alpha value is -0.580. The zero-order valence-electron chi connectivity index (χ0n) is 6.21. The zero-order chi connectivity index (χ0) is 8.27. The number of halogens is 1. The smallest absolute Gasteiger partial charge is 0.131 e. The highest BCUT2D eigenvalue weighted by Gasteiger charge is 2.05. The van der Waals surface area contributed by atoms with E-state index in [0.29, 0.717) is 11.7 Å². The summed E-state index contributed by atoms with van der Waals surface area (Å²) >= 11 is 5.85. The molecule has 1 heterocycles. The van der Waals surface area contributed by atoms with Gasteiger partial charge in [0.25, 0.3) is 0 Å². The molecule has 11 heavy (non-hydrogen) atoms. The van der Waals surface area contributed by atoms with Crippen molar-refractivity contribution >= 4 is 11.6 Å². The van der Waals surface area contributed by atoms with Gasteiger partial charge in [0, 0.05) is 12.1 Å². The van der Waals surface area contributed by atoms with E-state index in [2.05, 4.69) is 5.10 Å². The minimum Gasteiger partial charge on any atom is -0.316 e. The molecule has 0 aromatic carbocycles. The van der Waals surface area contributed by atoms with Gasteiger partial charge in [-0.25, -0.2) is 5.48 Å². The Morgan fingerprint density at radius 3 is 3.00 bits per heavy atom. The number of rotatable bonds is 3. The molecule has 0 spiro atoms. The third-order valence-electron chi connectivity index (χ3n) is 1.41. The molecule has 0 amide bonds. The molecular formula is C6H10ClN3O. The molecule has 0 aliphatic heterocycles. The van der Waals surface area contributed by atoms with Crippen molar-refractivity contribution in [1.82, 2.24) is 15.3 Å². The van der Waals surface area contributed by atoms with Crippen LogP contribution in [0.15, 0.2) is 6.20 Å². The summed E-state index contributed by atoms with van der Waals surface area (Å²) in [7, 11) is 0. The summed E-state index contributed by atoms with van der Waals surface area (Å²) in [4.78, 5) is 0. The number of aromatic nitrogens is 2. The third kappa shape index (κ3) is 1.71. The van der Waals surface area contributed by atoms with Gasteiger partial charge in [-0.15, -0.1) is 0 Å². The van der Waals surface area contributed by atoms with Gasteiger partial charge in [-0.1, -0.05) is 11.6 Å². The van der Waals surface area contributed by atoms with E-state index in [0.717, 1.165) is 12.1 Å². The Balaban J connectivity index is 2.82. The van der Waals surface area contributed by atoms with Gasteiger partial charge in [-0.05, 0) is 6.92 Å². The monoisotopic (exact) mass is 175 g/mol. The number of hydroxylamine groups is 1. The van der Waals surface area contributed by atoms with E-state index < -0.39 is 0 Å². The quantitative estimate of drug-likeness (QED) is 0.675. The van der Waals surface area contributed by atoms with E-state index in [1.54, 1.807) is 10.9 Å². The van der Waals surface area contributed by atoms with E-state index in [1.165, 1.54) is 0 Å². The standard InChI is InChI=1S/C6H10ClN3O/c1-2-10-6(7)5(3-8-10)4-9-11/h3,9,11H,2,4H2,1H3. The first-order chi connectivity index (χ1) is 5.29. The average molecular weight is 176 g/mol. The minimum atomic E-state index is 0.332. The third-order valence-corrected chi connectivity index (χ3v) is 1.85. The maximum atomic E-state index is 8.38. The van der Waals surface area contributed by atoms with Crippen LogP contribution in [-0.2, 0) is 13.1 Å². The SMILES string of the molecule is CCn1ncc(CNO)c1Cl. The minimum absolute atomic E-state index is 0.332. The van der Waals surface area contributed by atoms with Crippen molar-refractivity contribution in [3.05, 3.63) is 16.9 Å². The van der Waals surface area contributed by atoms with E-state index in [1.807, 2.05) is 12.4 Å². The van der Waals surface area contributed by atoms with Crippen LogP contribution in [0.4, 0.5) is 0 Å². The molecule has 0 fully saturated rings. The Morgan fingerprint density at radius 2 is 2.55 bits per heavy atom. The van der Waals surface area contributed by atoms with E-state index in [9.17, 15) is 0 Å². The molecule has 0 saturated carbocycles.